The van der Waals surface area contributed by atoms with Gasteiger partial charge in [0.15, 0.2) is 0 Å². The van der Waals surface area contributed by atoms with E-state index in [1.54, 1.807) is 24.3 Å². The first-order chi connectivity index (χ1) is 15.5. The van der Waals surface area contributed by atoms with E-state index >= 15 is 0 Å². The molecule has 168 valence electrons. The zero-order valence-corrected chi connectivity index (χ0v) is 19.6. The Bertz CT molecular complexity index is 993. The molecule has 1 aromatic heterocycles. The summed E-state index contributed by atoms with van der Waals surface area (Å²) in [4.78, 5) is 21.1. The third kappa shape index (κ3) is 5.33. The van der Waals surface area contributed by atoms with Gasteiger partial charge in [-0.25, -0.2) is 4.98 Å². The fraction of sp³-hybridized carbons (Fsp3) is 0.385. The van der Waals surface area contributed by atoms with Crippen molar-refractivity contribution in [2.24, 2.45) is 0 Å². The number of imidazole rings is 1. The predicted octanol–water partition coefficient (Wildman–Crippen LogP) is 5.47. The molecule has 4 rings (SSSR count). The topological polar surface area (TPSA) is 41.4 Å². The normalized spacial score (nSPS) is 18.3. The van der Waals surface area contributed by atoms with Gasteiger partial charge in [0.2, 0.25) is 0 Å². The minimum Gasteiger partial charge on any atom is -0.373 e. The maximum Gasteiger partial charge on any atom is 0.253 e. The molecule has 0 atom stereocenters. The van der Waals surface area contributed by atoms with E-state index in [-0.39, 0.29) is 5.91 Å². The molecular weight excluding hydrogens is 420 g/mol. The fourth-order valence-corrected chi connectivity index (χ4v) is 4.70. The summed E-state index contributed by atoms with van der Waals surface area (Å²) in [7, 11) is 4.06. The average molecular weight is 451 g/mol. The number of nitrogens with zero attached hydrogens (tertiary/aromatic N) is 4. The number of hydrogen-bond acceptors (Lipinski definition) is 3. The Balaban J connectivity index is 1.29. The first kappa shape index (κ1) is 22.4. The lowest BCUT2D eigenvalue weighted by molar-refractivity contribution is 0.0689. The quantitative estimate of drug-likeness (QED) is 0.479. The number of rotatable bonds is 7. The molecule has 2 aromatic carbocycles. The van der Waals surface area contributed by atoms with Crippen LogP contribution in [0.2, 0.25) is 5.02 Å². The van der Waals surface area contributed by atoms with E-state index in [4.69, 9.17) is 11.6 Å². The molecule has 3 aromatic rings. The summed E-state index contributed by atoms with van der Waals surface area (Å²) < 4.78 is 2.10. The largest absolute Gasteiger partial charge is 0.373 e. The Morgan fingerprint density at radius 3 is 2.34 bits per heavy atom. The van der Waals surface area contributed by atoms with Crippen molar-refractivity contribution in [3.8, 4) is 0 Å². The highest BCUT2D eigenvalue weighted by Crippen LogP contribution is 2.35. The molecule has 0 radical (unpaired) electrons. The maximum atomic E-state index is 12.8. The Hall–Kier alpha value is -2.79. The number of hydrogen-bond donors (Lipinski definition) is 0. The molecule has 1 fully saturated rings. The van der Waals surface area contributed by atoms with Gasteiger partial charge < -0.3 is 14.4 Å². The van der Waals surface area contributed by atoms with Gasteiger partial charge in [-0.1, -0.05) is 23.7 Å². The zero-order valence-electron chi connectivity index (χ0n) is 18.8. The predicted molar refractivity (Wildman–Crippen MR) is 130 cm³/mol. The van der Waals surface area contributed by atoms with Crippen LogP contribution in [0.15, 0.2) is 67.3 Å². The molecule has 0 bridgehead atoms. The van der Waals surface area contributed by atoms with Crippen molar-refractivity contribution in [2.45, 2.75) is 44.2 Å². The molecule has 0 spiro atoms. The molecule has 1 aliphatic rings. The van der Waals surface area contributed by atoms with Gasteiger partial charge in [-0.15, -0.1) is 0 Å². The lowest BCUT2D eigenvalue weighted by Crippen LogP contribution is -2.39. The van der Waals surface area contributed by atoms with Gasteiger partial charge in [0, 0.05) is 61.9 Å². The van der Waals surface area contributed by atoms with E-state index in [0.29, 0.717) is 22.5 Å². The Labute approximate surface area is 195 Å². The number of amides is 1. The number of halogens is 1. The van der Waals surface area contributed by atoms with Crippen molar-refractivity contribution in [1.29, 1.82) is 0 Å². The van der Waals surface area contributed by atoms with Crippen molar-refractivity contribution in [3.63, 3.8) is 0 Å². The van der Waals surface area contributed by atoms with Crippen molar-refractivity contribution in [2.75, 3.05) is 25.5 Å². The number of anilines is 1. The van der Waals surface area contributed by atoms with Crippen LogP contribution in [0, 0.1) is 0 Å². The Morgan fingerprint density at radius 2 is 1.72 bits per heavy atom. The Morgan fingerprint density at radius 1 is 1.03 bits per heavy atom. The van der Waals surface area contributed by atoms with Crippen LogP contribution >= 0.6 is 11.6 Å². The molecule has 32 heavy (non-hydrogen) atoms. The second-order valence-electron chi connectivity index (χ2n) is 8.74. The summed E-state index contributed by atoms with van der Waals surface area (Å²) in [6, 6.07) is 16.5. The van der Waals surface area contributed by atoms with E-state index in [1.807, 2.05) is 30.7 Å². The van der Waals surface area contributed by atoms with Gasteiger partial charge in [0.05, 0.1) is 6.33 Å². The highest BCUT2D eigenvalue weighted by molar-refractivity contribution is 6.30. The van der Waals surface area contributed by atoms with Crippen LogP contribution in [-0.4, -0.2) is 47.0 Å². The van der Waals surface area contributed by atoms with Crippen molar-refractivity contribution in [1.82, 2.24) is 14.5 Å². The smallest absolute Gasteiger partial charge is 0.253 e. The lowest BCUT2D eigenvalue weighted by atomic mass is 9.81. The SMILES string of the molecule is CN(CCn1ccnc1)c1ccc(C2CCC(N(C)C(=O)c3ccc(Cl)cc3)CC2)cc1. The molecule has 0 N–H and O–H groups in total. The van der Waals surface area contributed by atoms with Gasteiger partial charge in [-0.3, -0.25) is 4.79 Å². The van der Waals surface area contributed by atoms with Crippen molar-refractivity contribution < 1.29 is 4.79 Å². The van der Waals surface area contributed by atoms with Gasteiger partial charge in [0.1, 0.15) is 0 Å². The molecule has 0 saturated heterocycles. The molecule has 1 saturated carbocycles. The van der Waals surface area contributed by atoms with Crippen LogP contribution < -0.4 is 4.90 Å². The van der Waals surface area contributed by atoms with Crippen LogP contribution in [0.5, 0.6) is 0 Å². The monoisotopic (exact) mass is 450 g/mol. The number of carbonyl (C=O) groups excluding carboxylic acids is 1. The molecule has 1 amide bonds. The third-order valence-electron chi connectivity index (χ3n) is 6.71. The standard InChI is InChI=1S/C26H31ClN4O/c1-29(17-18-31-16-15-28-19-31)24-11-5-20(6-12-24)21-7-13-25(14-8-21)30(2)26(32)22-3-9-23(27)10-4-22/h3-6,9-12,15-16,19,21,25H,7-8,13-14,17-18H2,1-2H3. The number of likely N-dealkylation sites (N-methyl/N-ethyl adjacent to an activating group) is 1. The van der Waals surface area contributed by atoms with E-state index in [2.05, 4.69) is 45.8 Å². The van der Waals surface area contributed by atoms with Gasteiger partial charge in [-0.05, 0) is 73.6 Å². The third-order valence-corrected chi connectivity index (χ3v) is 6.97. The number of aromatic nitrogens is 2. The second kappa shape index (κ2) is 10.2. The minimum absolute atomic E-state index is 0.0770. The summed E-state index contributed by atoms with van der Waals surface area (Å²) in [6.07, 6.45) is 9.95. The minimum atomic E-state index is 0.0770. The highest BCUT2D eigenvalue weighted by Gasteiger charge is 2.27. The van der Waals surface area contributed by atoms with E-state index in [0.717, 1.165) is 38.8 Å². The van der Waals surface area contributed by atoms with Gasteiger partial charge >= 0.3 is 0 Å². The fourth-order valence-electron chi connectivity index (χ4n) is 4.57. The molecule has 5 nitrogen and oxygen atoms in total. The Kier molecular flexibility index (Phi) is 7.15. The summed E-state index contributed by atoms with van der Waals surface area (Å²) in [6.45, 7) is 1.86. The number of carbonyl (C=O) groups is 1. The van der Waals surface area contributed by atoms with Crippen molar-refractivity contribution >= 4 is 23.2 Å². The zero-order chi connectivity index (χ0) is 22.5. The van der Waals surface area contributed by atoms with Gasteiger partial charge in [0.25, 0.3) is 5.91 Å². The average Bonchev–Trinajstić information content (AvgIpc) is 3.36. The van der Waals surface area contributed by atoms with E-state index < -0.39 is 0 Å². The van der Waals surface area contributed by atoms with Crippen LogP contribution in [0.3, 0.4) is 0 Å². The molecule has 1 heterocycles. The maximum absolute atomic E-state index is 12.8. The molecular formula is C26H31ClN4O. The first-order valence-electron chi connectivity index (χ1n) is 11.3. The summed E-state index contributed by atoms with van der Waals surface area (Å²) in [5.41, 5.74) is 3.34. The summed E-state index contributed by atoms with van der Waals surface area (Å²) >= 11 is 5.95. The number of benzene rings is 2. The molecule has 6 heteroatoms. The van der Waals surface area contributed by atoms with E-state index in [9.17, 15) is 4.79 Å². The van der Waals surface area contributed by atoms with Crippen LogP contribution in [0.25, 0.3) is 0 Å². The molecule has 0 aliphatic heterocycles. The van der Waals surface area contributed by atoms with E-state index in [1.165, 1.54) is 11.3 Å². The van der Waals surface area contributed by atoms with Gasteiger partial charge in [-0.2, -0.15) is 0 Å². The second-order valence-corrected chi connectivity index (χ2v) is 9.18. The van der Waals surface area contributed by atoms with Crippen LogP contribution in [0.4, 0.5) is 5.69 Å². The van der Waals surface area contributed by atoms with Crippen LogP contribution in [-0.2, 0) is 6.54 Å². The first-order valence-corrected chi connectivity index (χ1v) is 11.7. The molecule has 1 aliphatic carbocycles. The summed E-state index contributed by atoms with van der Waals surface area (Å²) in [5.74, 6) is 0.642. The highest BCUT2D eigenvalue weighted by atomic mass is 35.5. The van der Waals surface area contributed by atoms with Crippen molar-refractivity contribution in [3.05, 3.63) is 83.4 Å². The lowest BCUT2D eigenvalue weighted by Gasteiger charge is -2.35. The summed E-state index contributed by atoms with van der Waals surface area (Å²) in [5, 5.41) is 0.653. The molecule has 0 unspecified atom stereocenters. The van der Waals surface area contributed by atoms with Crippen LogP contribution in [0.1, 0.15) is 47.5 Å².